The summed E-state index contributed by atoms with van der Waals surface area (Å²) in [4.78, 5) is 31.8. The summed E-state index contributed by atoms with van der Waals surface area (Å²) in [5.41, 5.74) is 0.416. The Kier molecular flexibility index (Phi) is 4.42. The van der Waals surface area contributed by atoms with E-state index >= 15 is 0 Å². The van der Waals surface area contributed by atoms with Gasteiger partial charge in [0, 0.05) is 24.3 Å². The number of hydrogen-bond acceptors (Lipinski definition) is 6. The molecule has 8 nitrogen and oxygen atoms in total. The first-order chi connectivity index (χ1) is 10.5. The number of carbonyl (C=O) groups is 1. The van der Waals surface area contributed by atoms with Crippen molar-refractivity contribution in [2.75, 3.05) is 0 Å². The van der Waals surface area contributed by atoms with Crippen molar-refractivity contribution in [3.8, 4) is 0 Å². The molecule has 0 N–H and O–H groups in total. The lowest BCUT2D eigenvalue weighted by Crippen LogP contribution is -2.05. The van der Waals surface area contributed by atoms with Crippen molar-refractivity contribution in [2.45, 2.75) is 6.61 Å². The summed E-state index contributed by atoms with van der Waals surface area (Å²) in [6, 6.07) is 10.7. The normalized spacial score (nSPS) is 10.0. The quantitative estimate of drug-likeness (QED) is 0.476. The van der Waals surface area contributed by atoms with E-state index in [9.17, 15) is 25.0 Å². The summed E-state index contributed by atoms with van der Waals surface area (Å²) in [6.45, 7) is -0.127. The minimum atomic E-state index is -0.665. The first-order valence-electron chi connectivity index (χ1n) is 6.12. The summed E-state index contributed by atoms with van der Waals surface area (Å²) in [5.74, 6) is -0.665. The third kappa shape index (κ3) is 3.63. The molecule has 0 amide bonds. The van der Waals surface area contributed by atoms with Crippen LogP contribution in [0.1, 0.15) is 15.9 Å². The molecule has 0 bridgehead atoms. The van der Waals surface area contributed by atoms with Crippen LogP contribution in [0.3, 0.4) is 0 Å². The lowest BCUT2D eigenvalue weighted by atomic mass is 10.2. The third-order valence-electron chi connectivity index (χ3n) is 2.81. The Morgan fingerprint density at radius 3 is 2.18 bits per heavy atom. The molecule has 0 fully saturated rings. The van der Waals surface area contributed by atoms with Crippen LogP contribution in [-0.4, -0.2) is 15.8 Å². The highest BCUT2D eigenvalue weighted by Crippen LogP contribution is 2.16. The van der Waals surface area contributed by atoms with Crippen LogP contribution in [0.25, 0.3) is 0 Å². The van der Waals surface area contributed by atoms with Gasteiger partial charge >= 0.3 is 5.97 Å². The van der Waals surface area contributed by atoms with Gasteiger partial charge in [0.05, 0.1) is 15.4 Å². The molecule has 2 aromatic rings. The monoisotopic (exact) mass is 302 g/mol. The Bertz CT molecular complexity index is 726. The molecule has 0 atom stereocenters. The van der Waals surface area contributed by atoms with Gasteiger partial charge in [-0.2, -0.15) is 0 Å². The molecular weight excluding hydrogens is 292 g/mol. The van der Waals surface area contributed by atoms with Crippen LogP contribution in [0.2, 0.25) is 0 Å². The minimum Gasteiger partial charge on any atom is -0.457 e. The second-order valence-electron chi connectivity index (χ2n) is 4.31. The SMILES string of the molecule is O=C(OCc1cccc([N+](=O)[O-])c1)c1ccc([N+](=O)[O-])cc1. The molecule has 2 rings (SSSR count). The fourth-order valence-electron chi connectivity index (χ4n) is 1.71. The van der Waals surface area contributed by atoms with Gasteiger partial charge in [-0.15, -0.1) is 0 Å². The smallest absolute Gasteiger partial charge is 0.338 e. The molecule has 0 aliphatic carbocycles. The van der Waals surface area contributed by atoms with Gasteiger partial charge in [-0.05, 0) is 17.7 Å². The van der Waals surface area contributed by atoms with Crippen molar-refractivity contribution < 1.29 is 19.4 Å². The van der Waals surface area contributed by atoms with Crippen LogP contribution in [0.5, 0.6) is 0 Å². The maximum atomic E-state index is 11.8. The van der Waals surface area contributed by atoms with Crippen LogP contribution in [-0.2, 0) is 11.3 Å². The number of nitrogens with zero attached hydrogens (tertiary/aromatic N) is 2. The average molecular weight is 302 g/mol. The van der Waals surface area contributed by atoms with Crippen LogP contribution >= 0.6 is 0 Å². The second kappa shape index (κ2) is 6.44. The summed E-state index contributed by atoms with van der Waals surface area (Å²) in [5, 5.41) is 21.2. The molecule has 0 unspecified atom stereocenters. The topological polar surface area (TPSA) is 113 Å². The number of carbonyl (C=O) groups excluding carboxylic acids is 1. The molecular formula is C14H10N2O6. The number of benzene rings is 2. The van der Waals surface area contributed by atoms with Crippen LogP contribution < -0.4 is 0 Å². The summed E-state index contributed by atoms with van der Waals surface area (Å²) in [7, 11) is 0. The molecule has 0 radical (unpaired) electrons. The molecule has 22 heavy (non-hydrogen) atoms. The molecule has 2 aromatic carbocycles. The predicted molar refractivity (Wildman–Crippen MR) is 75.3 cm³/mol. The zero-order valence-corrected chi connectivity index (χ0v) is 11.2. The van der Waals surface area contributed by atoms with Crippen molar-refractivity contribution in [1.82, 2.24) is 0 Å². The molecule has 0 aliphatic rings. The number of non-ortho nitro benzene ring substituents is 2. The number of ether oxygens (including phenoxy) is 1. The van der Waals surface area contributed by atoms with Gasteiger partial charge in [-0.3, -0.25) is 20.2 Å². The Balaban J connectivity index is 2.02. The highest BCUT2D eigenvalue weighted by atomic mass is 16.6. The van der Waals surface area contributed by atoms with E-state index in [1.807, 2.05) is 0 Å². The van der Waals surface area contributed by atoms with Crippen molar-refractivity contribution in [2.24, 2.45) is 0 Å². The highest BCUT2D eigenvalue weighted by Gasteiger charge is 2.12. The lowest BCUT2D eigenvalue weighted by Gasteiger charge is -2.05. The number of hydrogen-bond donors (Lipinski definition) is 0. The molecule has 0 spiro atoms. The molecule has 112 valence electrons. The standard InChI is InChI=1S/C14H10N2O6/c17-14(11-4-6-12(7-5-11)15(18)19)22-9-10-2-1-3-13(8-10)16(20)21/h1-8H,9H2. The van der Waals surface area contributed by atoms with E-state index in [1.165, 1.54) is 42.5 Å². The first-order valence-corrected chi connectivity index (χ1v) is 6.12. The summed E-state index contributed by atoms with van der Waals surface area (Å²) in [6.07, 6.45) is 0. The van der Waals surface area contributed by atoms with Crippen molar-refractivity contribution >= 4 is 17.3 Å². The van der Waals surface area contributed by atoms with E-state index in [2.05, 4.69) is 0 Å². The van der Waals surface area contributed by atoms with Gasteiger partial charge in [-0.25, -0.2) is 4.79 Å². The van der Waals surface area contributed by atoms with E-state index in [-0.39, 0.29) is 23.5 Å². The van der Waals surface area contributed by atoms with E-state index in [1.54, 1.807) is 6.07 Å². The fourth-order valence-corrected chi connectivity index (χ4v) is 1.71. The molecule has 0 saturated carbocycles. The molecule has 0 saturated heterocycles. The van der Waals surface area contributed by atoms with Gasteiger partial charge in [0.15, 0.2) is 0 Å². The van der Waals surface area contributed by atoms with E-state index in [4.69, 9.17) is 4.74 Å². The van der Waals surface area contributed by atoms with Gasteiger partial charge in [0.1, 0.15) is 6.61 Å². The number of nitro groups is 2. The highest BCUT2D eigenvalue weighted by molar-refractivity contribution is 5.89. The molecule has 0 heterocycles. The minimum absolute atomic E-state index is 0.0936. The Hall–Kier alpha value is -3.29. The second-order valence-corrected chi connectivity index (χ2v) is 4.31. The Labute approximate surface area is 124 Å². The Morgan fingerprint density at radius 2 is 1.59 bits per heavy atom. The summed E-state index contributed by atoms with van der Waals surface area (Å²) < 4.78 is 5.02. The first kappa shape index (κ1) is 15.1. The van der Waals surface area contributed by atoms with E-state index in [0.717, 1.165) is 0 Å². The largest absolute Gasteiger partial charge is 0.457 e. The maximum Gasteiger partial charge on any atom is 0.338 e. The summed E-state index contributed by atoms with van der Waals surface area (Å²) >= 11 is 0. The lowest BCUT2D eigenvalue weighted by molar-refractivity contribution is -0.385. The molecule has 0 aliphatic heterocycles. The van der Waals surface area contributed by atoms with Crippen molar-refractivity contribution in [3.63, 3.8) is 0 Å². The molecule has 0 aromatic heterocycles. The Morgan fingerprint density at radius 1 is 0.955 bits per heavy atom. The van der Waals surface area contributed by atoms with Crippen LogP contribution in [0, 0.1) is 20.2 Å². The van der Waals surface area contributed by atoms with Crippen molar-refractivity contribution in [1.29, 1.82) is 0 Å². The third-order valence-corrected chi connectivity index (χ3v) is 2.81. The van der Waals surface area contributed by atoms with Gasteiger partial charge in [0.25, 0.3) is 11.4 Å². The van der Waals surface area contributed by atoms with Crippen LogP contribution in [0.15, 0.2) is 48.5 Å². The number of rotatable bonds is 5. The number of nitro benzene ring substituents is 2. The van der Waals surface area contributed by atoms with E-state index < -0.39 is 15.8 Å². The molecule has 8 heteroatoms. The number of esters is 1. The maximum absolute atomic E-state index is 11.8. The van der Waals surface area contributed by atoms with Crippen molar-refractivity contribution in [3.05, 3.63) is 79.9 Å². The van der Waals surface area contributed by atoms with Gasteiger partial charge in [0.2, 0.25) is 0 Å². The fraction of sp³-hybridized carbons (Fsp3) is 0.0714. The zero-order valence-electron chi connectivity index (χ0n) is 11.2. The van der Waals surface area contributed by atoms with E-state index in [0.29, 0.717) is 5.56 Å². The van der Waals surface area contributed by atoms with Gasteiger partial charge in [-0.1, -0.05) is 12.1 Å². The van der Waals surface area contributed by atoms with Crippen LogP contribution in [0.4, 0.5) is 11.4 Å². The zero-order chi connectivity index (χ0) is 16.1. The average Bonchev–Trinajstić information content (AvgIpc) is 2.53. The predicted octanol–water partition coefficient (Wildman–Crippen LogP) is 2.86. The van der Waals surface area contributed by atoms with Gasteiger partial charge < -0.3 is 4.74 Å².